The number of benzene rings is 1. The molecule has 2 atom stereocenters. The number of hydrogen-bond acceptors (Lipinski definition) is 1. The third kappa shape index (κ3) is 6.72. The molecule has 0 saturated carbocycles. The quantitative estimate of drug-likeness (QED) is 0.542. The van der Waals surface area contributed by atoms with Crippen LogP contribution in [-0.4, -0.2) is 43.4 Å². The van der Waals surface area contributed by atoms with Crippen LogP contribution in [0.4, 0.5) is 0 Å². The molecule has 1 aromatic rings. The maximum absolute atomic E-state index is 10.5. The highest BCUT2D eigenvalue weighted by Crippen LogP contribution is 2.29. The highest BCUT2D eigenvalue weighted by molar-refractivity contribution is 5.21. The Bertz CT molecular complexity index is 346. The van der Waals surface area contributed by atoms with Crippen molar-refractivity contribution < 1.29 is 33.6 Å². The summed E-state index contributed by atoms with van der Waals surface area (Å²) < 4.78 is 0.899. The highest BCUT2D eigenvalue weighted by Gasteiger charge is 2.25. The highest BCUT2D eigenvalue weighted by atomic mass is 127. The van der Waals surface area contributed by atoms with Crippen LogP contribution in [0.15, 0.2) is 30.3 Å². The first-order valence-corrected chi connectivity index (χ1v) is 6.85. The summed E-state index contributed by atoms with van der Waals surface area (Å²) >= 11 is 0. The summed E-state index contributed by atoms with van der Waals surface area (Å²) in [6, 6.07) is 10.4. The lowest BCUT2D eigenvalue weighted by Gasteiger charge is -2.30. The third-order valence-corrected chi connectivity index (χ3v) is 3.41. The number of quaternary nitrogens is 1. The van der Waals surface area contributed by atoms with Gasteiger partial charge in [-0.15, -0.1) is 0 Å². The van der Waals surface area contributed by atoms with E-state index in [1.165, 1.54) is 5.56 Å². The van der Waals surface area contributed by atoms with E-state index in [4.69, 9.17) is 0 Å². The molecule has 0 radical (unpaired) electrons. The van der Waals surface area contributed by atoms with Crippen molar-refractivity contribution in [2.75, 3.05) is 27.7 Å². The number of halogens is 1. The van der Waals surface area contributed by atoms with Crippen molar-refractivity contribution in [2.45, 2.75) is 32.3 Å². The van der Waals surface area contributed by atoms with Crippen molar-refractivity contribution in [2.24, 2.45) is 5.92 Å². The Morgan fingerprint density at radius 2 is 1.58 bits per heavy atom. The predicted molar refractivity (Wildman–Crippen MR) is 77.5 cm³/mol. The largest absolute Gasteiger partial charge is 1.00 e. The van der Waals surface area contributed by atoms with Gasteiger partial charge in [0.2, 0.25) is 0 Å². The van der Waals surface area contributed by atoms with Crippen molar-refractivity contribution in [3.63, 3.8) is 0 Å². The molecule has 0 aromatic heterocycles. The molecule has 0 bridgehead atoms. The molecule has 2 unspecified atom stereocenters. The lowest BCUT2D eigenvalue weighted by Crippen LogP contribution is -3.00. The summed E-state index contributed by atoms with van der Waals surface area (Å²) in [7, 11) is 6.50. The Morgan fingerprint density at radius 3 is 2.00 bits per heavy atom. The van der Waals surface area contributed by atoms with Gasteiger partial charge in [0.15, 0.2) is 0 Å². The van der Waals surface area contributed by atoms with Gasteiger partial charge in [-0.3, -0.25) is 0 Å². The van der Waals surface area contributed by atoms with Gasteiger partial charge in [0.25, 0.3) is 0 Å². The second kappa shape index (κ2) is 8.22. The van der Waals surface area contributed by atoms with Gasteiger partial charge in [0.1, 0.15) is 0 Å². The molecule has 0 spiro atoms. The second-order valence-electron chi connectivity index (χ2n) is 6.55. The normalized spacial score (nSPS) is 14.9. The minimum atomic E-state index is -0.259. The number of rotatable bonds is 6. The molecule has 0 aliphatic rings. The SMILES string of the molecule is CC(C)C(c1ccccc1)C(O)CC[N+](C)(C)C.[I-]. The van der Waals surface area contributed by atoms with Gasteiger partial charge in [-0.25, -0.2) is 0 Å². The van der Waals surface area contributed by atoms with Gasteiger partial charge >= 0.3 is 0 Å². The minimum Gasteiger partial charge on any atom is -1.00 e. The summed E-state index contributed by atoms with van der Waals surface area (Å²) in [6.45, 7) is 5.37. The third-order valence-electron chi connectivity index (χ3n) is 3.41. The van der Waals surface area contributed by atoms with Crippen molar-refractivity contribution in [1.29, 1.82) is 0 Å². The van der Waals surface area contributed by atoms with E-state index in [2.05, 4.69) is 59.3 Å². The number of aliphatic hydroxyl groups excluding tert-OH is 1. The van der Waals surface area contributed by atoms with E-state index in [1.54, 1.807) is 0 Å². The van der Waals surface area contributed by atoms with Crippen LogP contribution in [0.2, 0.25) is 0 Å². The molecule has 3 heteroatoms. The molecule has 2 nitrogen and oxygen atoms in total. The van der Waals surface area contributed by atoms with Crippen molar-refractivity contribution in [1.82, 2.24) is 0 Å². The first-order valence-electron chi connectivity index (χ1n) is 6.85. The van der Waals surface area contributed by atoms with Crippen molar-refractivity contribution >= 4 is 0 Å². The van der Waals surface area contributed by atoms with Crippen LogP contribution in [0.25, 0.3) is 0 Å². The Hall–Kier alpha value is -0.130. The van der Waals surface area contributed by atoms with Gasteiger partial charge in [0, 0.05) is 12.3 Å². The Morgan fingerprint density at radius 1 is 1.05 bits per heavy atom. The van der Waals surface area contributed by atoms with Crippen molar-refractivity contribution in [3.8, 4) is 0 Å². The molecule has 1 rings (SSSR count). The van der Waals surface area contributed by atoms with E-state index >= 15 is 0 Å². The summed E-state index contributed by atoms with van der Waals surface area (Å²) in [6.07, 6.45) is 0.589. The zero-order valence-corrected chi connectivity index (χ0v) is 15.0. The van der Waals surface area contributed by atoms with E-state index in [9.17, 15) is 5.11 Å². The van der Waals surface area contributed by atoms with Crippen LogP contribution >= 0.6 is 0 Å². The van der Waals surface area contributed by atoms with Gasteiger partial charge in [-0.05, 0) is 11.5 Å². The fraction of sp³-hybridized carbons (Fsp3) is 0.625. The Kier molecular flexibility index (Phi) is 8.17. The molecule has 19 heavy (non-hydrogen) atoms. The molecule has 0 heterocycles. The van der Waals surface area contributed by atoms with Gasteiger partial charge in [-0.1, -0.05) is 44.2 Å². The minimum absolute atomic E-state index is 0. The summed E-state index contributed by atoms with van der Waals surface area (Å²) in [5, 5.41) is 10.5. The fourth-order valence-electron chi connectivity index (χ4n) is 2.43. The first kappa shape index (κ1) is 18.9. The number of nitrogens with zero attached hydrogens (tertiary/aromatic N) is 1. The number of hydrogen-bond donors (Lipinski definition) is 1. The summed E-state index contributed by atoms with van der Waals surface area (Å²) in [4.78, 5) is 0. The van der Waals surface area contributed by atoms with E-state index in [0.29, 0.717) is 5.92 Å². The first-order chi connectivity index (χ1) is 8.31. The monoisotopic (exact) mass is 377 g/mol. The average molecular weight is 377 g/mol. The topological polar surface area (TPSA) is 20.2 Å². The molecule has 110 valence electrons. The molecular formula is C16H28INO. The molecule has 0 fully saturated rings. The van der Waals surface area contributed by atoms with Gasteiger partial charge in [-0.2, -0.15) is 0 Å². The molecule has 0 amide bonds. The lowest BCUT2D eigenvalue weighted by molar-refractivity contribution is -0.870. The van der Waals surface area contributed by atoms with Crippen LogP contribution in [0.3, 0.4) is 0 Å². The second-order valence-corrected chi connectivity index (χ2v) is 6.55. The van der Waals surface area contributed by atoms with E-state index in [0.717, 1.165) is 17.4 Å². The zero-order chi connectivity index (χ0) is 13.8. The van der Waals surface area contributed by atoms with E-state index < -0.39 is 0 Å². The molecule has 0 saturated heterocycles. The Balaban J connectivity index is 0.00000324. The summed E-state index contributed by atoms with van der Waals surface area (Å²) in [5.41, 5.74) is 1.25. The molecule has 0 aliphatic carbocycles. The molecular weight excluding hydrogens is 349 g/mol. The zero-order valence-electron chi connectivity index (χ0n) is 12.8. The smallest absolute Gasteiger partial charge is 0.0805 e. The predicted octanol–water partition coefficient (Wildman–Crippen LogP) is -0.113. The van der Waals surface area contributed by atoms with Crippen LogP contribution in [0.5, 0.6) is 0 Å². The van der Waals surface area contributed by atoms with Crippen LogP contribution in [-0.2, 0) is 0 Å². The van der Waals surface area contributed by atoms with Crippen LogP contribution < -0.4 is 24.0 Å². The molecule has 1 N–H and O–H groups in total. The Labute approximate surface area is 135 Å². The molecule has 1 aromatic carbocycles. The van der Waals surface area contributed by atoms with E-state index in [1.807, 2.05) is 6.07 Å². The number of aliphatic hydroxyl groups is 1. The van der Waals surface area contributed by atoms with Gasteiger partial charge < -0.3 is 33.6 Å². The van der Waals surface area contributed by atoms with Gasteiger partial charge in [0.05, 0.1) is 33.8 Å². The van der Waals surface area contributed by atoms with Crippen LogP contribution in [0, 0.1) is 5.92 Å². The summed E-state index contributed by atoms with van der Waals surface area (Å²) in [5.74, 6) is 0.688. The maximum atomic E-state index is 10.5. The lowest BCUT2D eigenvalue weighted by atomic mass is 9.82. The van der Waals surface area contributed by atoms with Crippen molar-refractivity contribution in [3.05, 3.63) is 35.9 Å². The standard InChI is InChI=1S/C16H28NO.HI/c1-13(2)16(14-9-7-6-8-10-14)15(18)11-12-17(3,4)5;/h6-10,13,15-16,18H,11-12H2,1-5H3;1H/q+1;/p-1. The average Bonchev–Trinajstić information content (AvgIpc) is 2.26. The van der Waals surface area contributed by atoms with E-state index in [-0.39, 0.29) is 36.0 Å². The van der Waals surface area contributed by atoms with Crippen LogP contribution in [0.1, 0.15) is 31.7 Å². The maximum Gasteiger partial charge on any atom is 0.0805 e. The fourth-order valence-corrected chi connectivity index (χ4v) is 2.43. The molecule has 0 aliphatic heterocycles.